The molecule has 0 spiro atoms. The summed E-state index contributed by atoms with van der Waals surface area (Å²) in [6.07, 6.45) is 3.42. The van der Waals surface area contributed by atoms with Crippen LogP contribution in [-0.4, -0.2) is 24.1 Å². The Morgan fingerprint density at radius 3 is 2.67 bits per heavy atom. The van der Waals surface area contributed by atoms with E-state index in [-0.39, 0.29) is 6.04 Å². The van der Waals surface area contributed by atoms with Crippen LogP contribution in [0.4, 0.5) is 11.4 Å². The Morgan fingerprint density at radius 2 is 2.11 bits per heavy atom. The number of piperidine rings is 1. The van der Waals surface area contributed by atoms with Crippen molar-refractivity contribution in [2.45, 2.75) is 19.9 Å². The second kappa shape index (κ2) is 5.14. The largest absolute Gasteiger partial charge is 0.396 e. The van der Waals surface area contributed by atoms with Crippen molar-refractivity contribution in [2.75, 3.05) is 23.7 Å². The minimum Gasteiger partial charge on any atom is -0.396 e. The molecule has 3 atom stereocenters. The zero-order chi connectivity index (χ0) is 13.1. The molecule has 1 aromatic heterocycles. The Hall–Kier alpha value is -1.94. The number of aromatic nitrogens is 1. The summed E-state index contributed by atoms with van der Waals surface area (Å²) in [4.78, 5) is 9.20. The van der Waals surface area contributed by atoms with Crippen molar-refractivity contribution in [1.82, 2.24) is 4.98 Å². The molecule has 1 fully saturated rings. The number of pyridine rings is 1. The summed E-state index contributed by atoms with van der Waals surface area (Å²) in [5, 5.41) is 3.91. The van der Waals surface area contributed by atoms with Crippen LogP contribution in [0.15, 0.2) is 23.6 Å². The highest BCUT2D eigenvalue weighted by Crippen LogP contribution is 2.31. The van der Waals surface area contributed by atoms with Crippen molar-refractivity contribution in [2.24, 2.45) is 17.0 Å². The normalized spacial score (nSPS) is 27.7. The molecule has 1 aliphatic heterocycles. The van der Waals surface area contributed by atoms with Crippen LogP contribution in [-0.2, 0) is 0 Å². The van der Waals surface area contributed by atoms with Crippen molar-refractivity contribution in [3.05, 3.63) is 28.9 Å². The standard InChI is InChI=1S/C12H18N6/c1-8-6-18(7-9(2)12(8)16-17-14)11-3-4-15-5-10(11)13/h3-5,8-9,12H,6-7,13H2,1-2H3/t8-,9+,12?. The van der Waals surface area contributed by atoms with Gasteiger partial charge in [0.2, 0.25) is 0 Å². The van der Waals surface area contributed by atoms with Gasteiger partial charge in [-0.25, -0.2) is 0 Å². The zero-order valence-corrected chi connectivity index (χ0v) is 10.7. The fraction of sp³-hybridized carbons (Fsp3) is 0.583. The third-order valence-corrected chi connectivity index (χ3v) is 3.54. The highest BCUT2D eigenvalue weighted by Gasteiger charge is 2.31. The first-order valence-electron chi connectivity index (χ1n) is 6.12. The van der Waals surface area contributed by atoms with E-state index in [0.29, 0.717) is 17.5 Å². The van der Waals surface area contributed by atoms with Gasteiger partial charge in [-0.15, -0.1) is 0 Å². The molecule has 96 valence electrons. The maximum absolute atomic E-state index is 8.60. The zero-order valence-electron chi connectivity index (χ0n) is 10.7. The van der Waals surface area contributed by atoms with Gasteiger partial charge in [0.1, 0.15) is 0 Å². The number of nitrogen functional groups attached to an aromatic ring is 1. The van der Waals surface area contributed by atoms with E-state index in [4.69, 9.17) is 11.3 Å². The molecule has 0 bridgehead atoms. The third kappa shape index (κ3) is 2.33. The van der Waals surface area contributed by atoms with Gasteiger partial charge in [-0.2, -0.15) is 0 Å². The summed E-state index contributed by atoms with van der Waals surface area (Å²) in [6.45, 7) is 5.92. The molecular weight excluding hydrogens is 228 g/mol. The Bertz CT molecular complexity index is 455. The van der Waals surface area contributed by atoms with E-state index >= 15 is 0 Å². The summed E-state index contributed by atoms with van der Waals surface area (Å²) in [5.41, 5.74) is 16.3. The number of hydrogen-bond acceptors (Lipinski definition) is 4. The highest BCUT2D eigenvalue weighted by molar-refractivity contribution is 5.66. The molecular formula is C12H18N6. The van der Waals surface area contributed by atoms with Gasteiger partial charge in [0, 0.05) is 30.2 Å². The molecule has 0 aromatic carbocycles. The highest BCUT2D eigenvalue weighted by atomic mass is 15.2. The van der Waals surface area contributed by atoms with Gasteiger partial charge in [-0.1, -0.05) is 19.0 Å². The Kier molecular flexibility index (Phi) is 3.58. The Morgan fingerprint density at radius 1 is 1.44 bits per heavy atom. The maximum Gasteiger partial charge on any atom is 0.0738 e. The Labute approximate surface area is 106 Å². The predicted octanol–water partition coefficient (Wildman–Crippen LogP) is 2.43. The van der Waals surface area contributed by atoms with E-state index in [1.54, 1.807) is 12.4 Å². The molecule has 6 heteroatoms. The quantitative estimate of drug-likeness (QED) is 0.493. The topological polar surface area (TPSA) is 90.9 Å². The lowest BCUT2D eigenvalue weighted by Gasteiger charge is -2.40. The molecule has 18 heavy (non-hydrogen) atoms. The lowest BCUT2D eigenvalue weighted by molar-refractivity contribution is 0.298. The van der Waals surface area contributed by atoms with Gasteiger partial charge in [-0.05, 0) is 23.4 Å². The monoisotopic (exact) mass is 246 g/mol. The van der Waals surface area contributed by atoms with Gasteiger partial charge in [0.15, 0.2) is 0 Å². The van der Waals surface area contributed by atoms with E-state index in [9.17, 15) is 0 Å². The van der Waals surface area contributed by atoms with Crippen LogP contribution in [0, 0.1) is 11.8 Å². The lowest BCUT2D eigenvalue weighted by Crippen LogP contribution is -2.46. The fourth-order valence-electron chi connectivity index (χ4n) is 2.72. The van der Waals surface area contributed by atoms with Gasteiger partial charge in [-0.3, -0.25) is 4.98 Å². The second-order valence-electron chi connectivity index (χ2n) is 4.99. The molecule has 0 radical (unpaired) electrons. The third-order valence-electron chi connectivity index (χ3n) is 3.54. The number of anilines is 2. The van der Waals surface area contributed by atoms with Crippen LogP contribution in [0.1, 0.15) is 13.8 Å². The van der Waals surface area contributed by atoms with Crippen LogP contribution >= 0.6 is 0 Å². The second-order valence-corrected chi connectivity index (χ2v) is 4.99. The molecule has 1 aliphatic rings. The minimum atomic E-state index is 0.0642. The first-order valence-corrected chi connectivity index (χ1v) is 6.12. The van der Waals surface area contributed by atoms with E-state index in [1.807, 2.05) is 6.07 Å². The van der Waals surface area contributed by atoms with Gasteiger partial charge < -0.3 is 10.6 Å². The number of hydrogen-bond donors (Lipinski definition) is 1. The van der Waals surface area contributed by atoms with Crippen molar-refractivity contribution in [3.8, 4) is 0 Å². The number of nitrogens with two attached hydrogens (primary N) is 1. The molecule has 0 amide bonds. The summed E-state index contributed by atoms with van der Waals surface area (Å²) < 4.78 is 0. The first-order chi connectivity index (χ1) is 8.63. The molecule has 1 aromatic rings. The smallest absolute Gasteiger partial charge is 0.0738 e. The van der Waals surface area contributed by atoms with Crippen molar-refractivity contribution < 1.29 is 0 Å². The first kappa shape index (κ1) is 12.5. The Balaban J connectivity index is 2.20. The van der Waals surface area contributed by atoms with Gasteiger partial charge in [0.05, 0.1) is 17.6 Å². The maximum atomic E-state index is 8.60. The summed E-state index contributed by atoms with van der Waals surface area (Å²) in [7, 11) is 0. The van der Waals surface area contributed by atoms with Crippen molar-refractivity contribution in [1.29, 1.82) is 0 Å². The van der Waals surface area contributed by atoms with E-state index in [2.05, 4.69) is 33.8 Å². The average Bonchev–Trinajstić information content (AvgIpc) is 2.34. The van der Waals surface area contributed by atoms with Gasteiger partial charge in [0.25, 0.3) is 0 Å². The molecule has 0 aliphatic carbocycles. The summed E-state index contributed by atoms with van der Waals surface area (Å²) >= 11 is 0. The van der Waals surface area contributed by atoms with E-state index in [0.717, 1.165) is 18.8 Å². The lowest BCUT2D eigenvalue weighted by atomic mass is 9.86. The van der Waals surface area contributed by atoms with Crippen molar-refractivity contribution in [3.63, 3.8) is 0 Å². The van der Waals surface area contributed by atoms with Crippen LogP contribution in [0.3, 0.4) is 0 Å². The van der Waals surface area contributed by atoms with Crippen molar-refractivity contribution >= 4 is 11.4 Å². The average molecular weight is 246 g/mol. The molecule has 1 unspecified atom stereocenters. The predicted molar refractivity (Wildman–Crippen MR) is 72.1 cm³/mol. The SMILES string of the molecule is C[C@@H]1CN(c2ccncc2N)C[C@H](C)C1N=[N+]=[N-]. The molecule has 2 heterocycles. The summed E-state index contributed by atoms with van der Waals surface area (Å²) in [6, 6.07) is 2.00. The number of azide groups is 1. The van der Waals surface area contributed by atoms with Crippen LogP contribution in [0.5, 0.6) is 0 Å². The molecule has 1 saturated heterocycles. The van der Waals surface area contributed by atoms with E-state index < -0.39 is 0 Å². The summed E-state index contributed by atoms with van der Waals surface area (Å²) in [5.74, 6) is 0.634. The van der Waals surface area contributed by atoms with Gasteiger partial charge >= 0.3 is 0 Å². The fourth-order valence-corrected chi connectivity index (χ4v) is 2.72. The minimum absolute atomic E-state index is 0.0642. The molecule has 6 nitrogen and oxygen atoms in total. The van der Waals surface area contributed by atoms with Crippen LogP contribution in [0.25, 0.3) is 10.4 Å². The number of rotatable bonds is 2. The molecule has 0 saturated carbocycles. The van der Waals surface area contributed by atoms with Crippen LogP contribution in [0.2, 0.25) is 0 Å². The molecule has 2 N–H and O–H groups in total. The molecule has 2 rings (SSSR count). The van der Waals surface area contributed by atoms with Crippen LogP contribution < -0.4 is 10.6 Å². The van der Waals surface area contributed by atoms with E-state index in [1.165, 1.54) is 0 Å². The number of nitrogens with zero attached hydrogens (tertiary/aromatic N) is 5.